The van der Waals surface area contributed by atoms with E-state index < -0.39 is 0 Å². The second-order valence-electron chi connectivity index (χ2n) is 1.23. The highest BCUT2D eigenvalue weighted by Crippen LogP contribution is 1.67. The number of nitrogens with zero attached hydrogens (tertiary/aromatic N) is 1. The van der Waals surface area contributed by atoms with Crippen LogP contribution in [0.3, 0.4) is 0 Å². The van der Waals surface area contributed by atoms with Crippen molar-refractivity contribution in [2.75, 3.05) is 13.6 Å². The lowest BCUT2D eigenvalue weighted by molar-refractivity contribution is 0.614. The molecule has 0 saturated carbocycles. The fourth-order valence-electron chi connectivity index (χ4n) is 0.204. The molecule has 0 unspecified atom stereocenters. The first-order chi connectivity index (χ1) is 2.77. The lowest BCUT2D eigenvalue weighted by atomic mass is 10.3. The van der Waals surface area contributed by atoms with Gasteiger partial charge in [-0.1, -0.05) is 6.08 Å². The van der Waals surface area contributed by atoms with E-state index in [-0.39, 0.29) is 0 Å². The molecule has 0 aliphatic carbocycles. The molecule has 0 aromatic rings. The largest absolute Gasteiger partial charge is 0.353 e. The first-order valence-corrected chi connectivity index (χ1v) is 1.84. The van der Waals surface area contributed by atoms with Crippen molar-refractivity contribution in [3.63, 3.8) is 0 Å². The predicted octanol–water partition coefficient (Wildman–Crippen LogP) is 0.188. The first kappa shape index (κ1) is 5.76. The molecule has 0 saturated heterocycles. The van der Waals surface area contributed by atoms with E-state index in [2.05, 4.69) is 6.58 Å². The summed E-state index contributed by atoms with van der Waals surface area (Å²) in [5, 5.41) is 0. The highest BCUT2D eigenvalue weighted by molar-refractivity contribution is 6.04. The van der Waals surface area contributed by atoms with Crippen LogP contribution in [-0.2, 0) is 0 Å². The van der Waals surface area contributed by atoms with Gasteiger partial charge in [-0.25, -0.2) is 0 Å². The Labute approximate surface area is 40.1 Å². The molecular formula is C4H8BN. The van der Waals surface area contributed by atoms with Crippen molar-refractivity contribution in [3.8, 4) is 0 Å². The monoisotopic (exact) mass is 81.1 g/mol. The Hall–Kier alpha value is -0.235. The van der Waals surface area contributed by atoms with Gasteiger partial charge in [-0.2, -0.15) is 0 Å². The molecule has 0 aliphatic heterocycles. The summed E-state index contributed by atoms with van der Waals surface area (Å²) in [5.74, 6) is 0. The van der Waals surface area contributed by atoms with E-state index in [1.54, 1.807) is 17.9 Å². The maximum atomic E-state index is 5.16. The molecule has 6 heavy (non-hydrogen) atoms. The third-order valence-corrected chi connectivity index (χ3v) is 0.417. The van der Waals surface area contributed by atoms with Crippen molar-refractivity contribution in [1.82, 2.24) is 4.81 Å². The Morgan fingerprint density at radius 2 is 2.50 bits per heavy atom. The summed E-state index contributed by atoms with van der Waals surface area (Å²) in [6.45, 7) is 4.23. The van der Waals surface area contributed by atoms with Gasteiger partial charge in [-0.3, -0.25) is 0 Å². The van der Waals surface area contributed by atoms with Crippen molar-refractivity contribution in [2.45, 2.75) is 0 Å². The predicted molar refractivity (Wildman–Crippen MR) is 28.6 cm³/mol. The van der Waals surface area contributed by atoms with Crippen molar-refractivity contribution in [1.29, 1.82) is 0 Å². The highest BCUT2D eigenvalue weighted by atomic mass is 15.0. The lowest BCUT2D eigenvalue weighted by Crippen LogP contribution is -2.12. The van der Waals surface area contributed by atoms with Gasteiger partial charge in [0.05, 0.1) is 0 Å². The smallest absolute Gasteiger partial charge is 0.182 e. The van der Waals surface area contributed by atoms with E-state index in [4.69, 9.17) is 7.98 Å². The molecular weight excluding hydrogens is 72.9 g/mol. The van der Waals surface area contributed by atoms with E-state index >= 15 is 0 Å². The van der Waals surface area contributed by atoms with Crippen LogP contribution in [-0.4, -0.2) is 26.4 Å². The second kappa shape index (κ2) is 2.97. The average molecular weight is 80.9 g/mol. The average Bonchev–Trinajstić information content (AvgIpc) is 1.35. The molecule has 0 aliphatic rings. The lowest BCUT2D eigenvalue weighted by Gasteiger charge is -2.01. The van der Waals surface area contributed by atoms with Crippen molar-refractivity contribution < 1.29 is 0 Å². The summed E-state index contributed by atoms with van der Waals surface area (Å²) in [6, 6.07) is 0. The van der Waals surface area contributed by atoms with Crippen molar-refractivity contribution in [2.24, 2.45) is 0 Å². The third-order valence-electron chi connectivity index (χ3n) is 0.417. The van der Waals surface area contributed by atoms with Gasteiger partial charge in [0.1, 0.15) is 0 Å². The Bertz CT molecular complexity index is 42.8. The summed E-state index contributed by atoms with van der Waals surface area (Å²) in [5.41, 5.74) is 0. The molecule has 0 rings (SSSR count). The molecule has 0 aromatic carbocycles. The maximum Gasteiger partial charge on any atom is 0.182 e. The van der Waals surface area contributed by atoms with Gasteiger partial charge in [0.25, 0.3) is 0 Å². The molecule has 32 valence electrons. The van der Waals surface area contributed by atoms with Crippen LogP contribution >= 0.6 is 0 Å². The van der Waals surface area contributed by atoms with Crippen LogP contribution in [0.4, 0.5) is 0 Å². The Morgan fingerprint density at radius 1 is 2.00 bits per heavy atom. The van der Waals surface area contributed by atoms with E-state index in [0.29, 0.717) is 0 Å². The minimum absolute atomic E-state index is 0.750. The fraction of sp³-hybridized carbons (Fsp3) is 0.500. The molecule has 0 bridgehead atoms. The van der Waals surface area contributed by atoms with Gasteiger partial charge in [-0.15, -0.1) is 6.58 Å². The zero-order valence-electron chi connectivity index (χ0n) is 4.02. The molecule has 0 amide bonds. The fourth-order valence-corrected chi connectivity index (χ4v) is 0.204. The van der Waals surface area contributed by atoms with Crippen LogP contribution in [0.15, 0.2) is 12.7 Å². The molecule has 0 N–H and O–H groups in total. The van der Waals surface area contributed by atoms with E-state index in [0.717, 1.165) is 6.54 Å². The van der Waals surface area contributed by atoms with Crippen LogP contribution < -0.4 is 0 Å². The Kier molecular flexibility index (Phi) is 2.86. The zero-order valence-corrected chi connectivity index (χ0v) is 4.02. The van der Waals surface area contributed by atoms with Gasteiger partial charge in [0, 0.05) is 6.54 Å². The Morgan fingerprint density at radius 3 is 2.50 bits per heavy atom. The van der Waals surface area contributed by atoms with E-state index in [9.17, 15) is 0 Å². The normalized spacial score (nSPS) is 9.00. The van der Waals surface area contributed by atoms with Gasteiger partial charge in [-0.05, 0) is 7.05 Å². The standard InChI is InChI=1S/C4H8BN/c1-3-4-6(2)5/h3H,1,4H2,2H3. The molecule has 0 heterocycles. The molecule has 2 heteroatoms. The quantitative estimate of drug-likeness (QED) is 0.338. The van der Waals surface area contributed by atoms with Gasteiger partial charge in [0.15, 0.2) is 7.98 Å². The molecule has 0 aromatic heterocycles. The molecule has 1 nitrogen and oxygen atoms in total. The molecule has 0 atom stereocenters. The van der Waals surface area contributed by atoms with Gasteiger partial charge < -0.3 is 4.81 Å². The van der Waals surface area contributed by atoms with Crippen LogP contribution in [0.2, 0.25) is 0 Å². The topological polar surface area (TPSA) is 3.24 Å². The molecule has 0 fully saturated rings. The molecule has 0 spiro atoms. The maximum absolute atomic E-state index is 5.16. The number of hydrogen-bond donors (Lipinski definition) is 0. The number of likely N-dealkylation sites (N-methyl/N-ethyl adjacent to an activating group) is 1. The summed E-state index contributed by atoms with van der Waals surface area (Å²) in [6.07, 6.45) is 1.75. The number of rotatable bonds is 2. The summed E-state index contributed by atoms with van der Waals surface area (Å²) >= 11 is 0. The minimum atomic E-state index is 0.750. The second-order valence-corrected chi connectivity index (χ2v) is 1.23. The summed E-state index contributed by atoms with van der Waals surface area (Å²) in [7, 11) is 6.96. The third kappa shape index (κ3) is 3.76. The number of hydrogen-bond acceptors (Lipinski definition) is 1. The minimum Gasteiger partial charge on any atom is -0.353 e. The van der Waals surface area contributed by atoms with Gasteiger partial charge >= 0.3 is 0 Å². The summed E-state index contributed by atoms with van der Waals surface area (Å²) < 4.78 is 0. The van der Waals surface area contributed by atoms with Crippen LogP contribution in [0.25, 0.3) is 0 Å². The zero-order chi connectivity index (χ0) is 4.99. The molecule has 2 radical (unpaired) electrons. The van der Waals surface area contributed by atoms with E-state index in [1.165, 1.54) is 0 Å². The van der Waals surface area contributed by atoms with Crippen molar-refractivity contribution in [3.05, 3.63) is 12.7 Å². The summed E-state index contributed by atoms with van der Waals surface area (Å²) in [4.78, 5) is 1.56. The van der Waals surface area contributed by atoms with E-state index in [1.807, 2.05) is 0 Å². The Balaban J connectivity index is 2.81. The van der Waals surface area contributed by atoms with Crippen LogP contribution in [0, 0.1) is 0 Å². The van der Waals surface area contributed by atoms with Gasteiger partial charge in [0.2, 0.25) is 0 Å². The highest BCUT2D eigenvalue weighted by Gasteiger charge is 1.75. The SMILES string of the molecule is [B]N(C)CC=C. The van der Waals surface area contributed by atoms with Crippen molar-refractivity contribution >= 4 is 7.98 Å². The first-order valence-electron chi connectivity index (χ1n) is 1.84. The van der Waals surface area contributed by atoms with Crippen LogP contribution in [0.1, 0.15) is 0 Å². The van der Waals surface area contributed by atoms with Crippen LogP contribution in [0.5, 0.6) is 0 Å².